The van der Waals surface area contributed by atoms with Gasteiger partial charge in [0.25, 0.3) is 0 Å². The summed E-state index contributed by atoms with van der Waals surface area (Å²) < 4.78 is 16.6. The average molecular weight is 446 g/mol. The van der Waals surface area contributed by atoms with Crippen molar-refractivity contribution >= 4 is 11.0 Å². The third-order valence-electron chi connectivity index (χ3n) is 5.90. The zero-order chi connectivity index (χ0) is 23.5. The Balaban J connectivity index is 1.80. The molecule has 0 fully saturated rings. The molecule has 1 unspecified atom stereocenters. The highest BCUT2D eigenvalue weighted by molar-refractivity contribution is 5.90. The molecule has 0 aliphatic heterocycles. The van der Waals surface area contributed by atoms with Gasteiger partial charge in [0.2, 0.25) is 0 Å². The van der Waals surface area contributed by atoms with Gasteiger partial charge in [-0.1, -0.05) is 48.2 Å². The lowest BCUT2D eigenvalue weighted by Crippen LogP contribution is -3.06. The molecule has 6 nitrogen and oxygen atoms in total. The summed E-state index contributed by atoms with van der Waals surface area (Å²) in [5, 5.41) is 13.5. The summed E-state index contributed by atoms with van der Waals surface area (Å²) >= 11 is 0. The summed E-state index contributed by atoms with van der Waals surface area (Å²) in [5.74, 6) is 1.00. The van der Waals surface area contributed by atoms with Crippen LogP contribution in [0.3, 0.4) is 0 Å². The molecule has 0 aliphatic rings. The zero-order valence-corrected chi connectivity index (χ0v) is 19.2. The molecular weight excluding hydrogens is 418 g/mol. The minimum atomic E-state index is -0.504. The number of ether oxygens (including phenoxy) is 2. The molecule has 0 spiro atoms. The molecule has 0 saturated heterocycles. The fourth-order valence-corrected chi connectivity index (χ4v) is 4.25. The molecule has 0 amide bonds. The van der Waals surface area contributed by atoms with Crippen LogP contribution >= 0.6 is 0 Å². The quantitative estimate of drug-likeness (QED) is 0.443. The molecule has 3 aromatic carbocycles. The summed E-state index contributed by atoms with van der Waals surface area (Å²) in [6, 6.07) is 18.7. The van der Waals surface area contributed by atoms with Crippen molar-refractivity contribution < 1.29 is 23.9 Å². The van der Waals surface area contributed by atoms with Crippen molar-refractivity contribution in [1.29, 1.82) is 0 Å². The van der Waals surface area contributed by atoms with Gasteiger partial charge in [-0.05, 0) is 24.6 Å². The largest absolute Gasteiger partial charge is 0.872 e. The molecule has 33 heavy (non-hydrogen) atoms. The summed E-state index contributed by atoms with van der Waals surface area (Å²) in [5.41, 5.74) is 3.31. The topological polar surface area (TPSA) is 76.2 Å². The van der Waals surface area contributed by atoms with Crippen LogP contribution in [0.1, 0.15) is 16.7 Å². The maximum Gasteiger partial charge on any atom is 0.344 e. The fourth-order valence-electron chi connectivity index (χ4n) is 4.25. The first-order valence-electron chi connectivity index (χ1n) is 10.8. The van der Waals surface area contributed by atoms with Gasteiger partial charge < -0.3 is 23.9 Å². The summed E-state index contributed by atoms with van der Waals surface area (Å²) in [6.45, 7) is 3.06. The van der Waals surface area contributed by atoms with E-state index in [-0.39, 0.29) is 5.75 Å². The second kappa shape index (κ2) is 9.38. The molecule has 1 aromatic heterocycles. The predicted molar refractivity (Wildman–Crippen MR) is 126 cm³/mol. The Labute approximate surface area is 192 Å². The van der Waals surface area contributed by atoms with Crippen LogP contribution in [-0.2, 0) is 13.1 Å². The van der Waals surface area contributed by atoms with E-state index in [1.165, 1.54) is 5.56 Å². The van der Waals surface area contributed by atoms with E-state index in [0.717, 1.165) is 22.4 Å². The highest BCUT2D eigenvalue weighted by Gasteiger charge is 2.20. The first-order chi connectivity index (χ1) is 15.9. The molecule has 4 rings (SSSR count). The van der Waals surface area contributed by atoms with Gasteiger partial charge in [-0.3, -0.25) is 0 Å². The van der Waals surface area contributed by atoms with Crippen LogP contribution in [-0.4, -0.2) is 21.3 Å². The Hall–Kier alpha value is -3.77. The molecular formula is C27H27NO5. The van der Waals surface area contributed by atoms with Gasteiger partial charge in [-0.15, -0.1) is 0 Å². The molecule has 6 heteroatoms. The fraction of sp³-hybridized carbons (Fsp3) is 0.222. The zero-order valence-electron chi connectivity index (χ0n) is 19.2. The highest BCUT2D eigenvalue weighted by atomic mass is 16.5. The first-order valence-corrected chi connectivity index (χ1v) is 10.8. The third-order valence-corrected chi connectivity index (χ3v) is 5.90. The Kier molecular flexibility index (Phi) is 6.38. The number of aryl methyl sites for hydroxylation is 1. The molecule has 0 bridgehead atoms. The van der Waals surface area contributed by atoms with Crippen molar-refractivity contribution in [2.24, 2.45) is 0 Å². The smallest absolute Gasteiger partial charge is 0.344 e. The van der Waals surface area contributed by atoms with Crippen LogP contribution in [0.4, 0.5) is 0 Å². The Morgan fingerprint density at radius 2 is 1.73 bits per heavy atom. The number of nitrogens with one attached hydrogen (secondary N) is 1. The van der Waals surface area contributed by atoms with Gasteiger partial charge in [0, 0.05) is 28.1 Å². The van der Waals surface area contributed by atoms with Gasteiger partial charge >= 0.3 is 5.63 Å². The SMILES string of the molecule is COc1ccc(-c2c(C)c3ccc([O-])c(C[NH+](C)Cc4ccccc4)c3oc2=O)c(OC)c1. The minimum Gasteiger partial charge on any atom is -0.872 e. The van der Waals surface area contributed by atoms with Crippen molar-refractivity contribution in [2.45, 2.75) is 20.0 Å². The van der Waals surface area contributed by atoms with E-state index in [0.29, 0.717) is 40.3 Å². The summed E-state index contributed by atoms with van der Waals surface area (Å²) in [7, 11) is 5.14. The van der Waals surface area contributed by atoms with Gasteiger partial charge in [0.1, 0.15) is 30.2 Å². The van der Waals surface area contributed by atoms with E-state index >= 15 is 0 Å². The van der Waals surface area contributed by atoms with Crippen molar-refractivity contribution in [3.8, 4) is 28.4 Å². The molecule has 1 N–H and O–H groups in total. The Morgan fingerprint density at radius 1 is 0.970 bits per heavy atom. The molecule has 4 aromatic rings. The average Bonchev–Trinajstić information content (AvgIpc) is 2.81. The first kappa shape index (κ1) is 22.4. The van der Waals surface area contributed by atoms with Crippen LogP contribution in [0.25, 0.3) is 22.1 Å². The van der Waals surface area contributed by atoms with E-state index in [1.54, 1.807) is 44.6 Å². The monoisotopic (exact) mass is 445 g/mol. The number of fused-ring (bicyclic) bond motifs is 1. The van der Waals surface area contributed by atoms with E-state index in [9.17, 15) is 9.90 Å². The number of hydrogen-bond donors (Lipinski definition) is 1. The molecule has 1 atom stereocenters. The van der Waals surface area contributed by atoms with E-state index in [4.69, 9.17) is 13.9 Å². The molecule has 0 saturated carbocycles. The second-order valence-electron chi connectivity index (χ2n) is 8.17. The number of benzene rings is 3. The van der Waals surface area contributed by atoms with Crippen molar-refractivity contribution in [3.05, 3.63) is 87.8 Å². The summed E-state index contributed by atoms with van der Waals surface area (Å²) in [4.78, 5) is 14.3. The number of methoxy groups -OCH3 is 2. The van der Waals surface area contributed by atoms with Crippen molar-refractivity contribution in [3.63, 3.8) is 0 Å². The standard InChI is InChI=1S/C27H27NO5/c1-17-20-12-13-23(29)22(16-28(2)15-18-8-6-5-7-9-18)26(20)33-27(30)25(17)21-11-10-19(31-3)14-24(21)32-4/h5-14,29H,15-16H2,1-4H3. The van der Waals surface area contributed by atoms with Crippen molar-refractivity contribution in [1.82, 2.24) is 0 Å². The minimum absolute atomic E-state index is 0.132. The second-order valence-corrected chi connectivity index (χ2v) is 8.17. The predicted octanol–water partition coefficient (Wildman–Crippen LogP) is 3.07. The molecule has 170 valence electrons. The van der Waals surface area contributed by atoms with Crippen molar-refractivity contribution in [2.75, 3.05) is 21.3 Å². The lowest BCUT2D eigenvalue weighted by atomic mass is 9.97. The number of rotatable bonds is 7. The van der Waals surface area contributed by atoms with Gasteiger partial charge in [-0.2, -0.15) is 0 Å². The van der Waals surface area contributed by atoms with E-state index in [2.05, 4.69) is 12.1 Å². The lowest BCUT2D eigenvalue weighted by molar-refractivity contribution is -0.907. The van der Waals surface area contributed by atoms with Gasteiger partial charge in [-0.25, -0.2) is 4.79 Å². The number of quaternary nitrogens is 1. The molecule has 0 aliphatic carbocycles. The van der Waals surface area contributed by atoms with Gasteiger partial charge in [0.15, 0.2) is 0 Å². The van der Waals surface area contributed by atoms with E-state index in [1.807, 2.05) is 32.2 Å². The summed E-state index contributed by atoms with van der Waals surface area (Å²) in [6.07, 6.45) is 0. The van der Waals surface area contributed by atoms with Gasteiger partial charge in [0.05, 0.1) is 26.8 Å². The maximum absolute atomic E-state index is 13.2. The lowest BCUT2D eigenvalue weighted by Gasteiger charge is -2.21. The Bertz CT molecular complexity index is 1340. The van der Waals surface area contributed by atoms with E-state index < -0.39 is 5.63 Å². The Morgan fingerprint density at radius 3 is 2.42 bits per heavy atom. The maximum atomic E-state index is 13.2. The van der Waals surface area contributed by atoms with Crippen LogP contribution in [0, 0.1) is 6.92 Å². The van der Waals surface area contributed by atoms with Crippen LogP contribution < -0.4 is 25.1 Å². The molecule has 0 radical (unpaired) electrons. The highest BCUT2D eigenvalue weighted by Crippen LogP contribution is 2.36. The molecule has 1 heterocycles. The van der Waals surface area contributed by atoms with Crippen LogP contribution in [0.2, 0.25) is 0 Å². The third kappa shape index (κ3) is 4.43. The van der Waals surface area contributed by atoms with Crippen LogP contribution in [0.15, 0.2) is 69.9 Å². The normalized spacial score (nSPS) is 12.0. The number of hydrogen-bond acceptors (Lipinski definition) is 5. The van der Waals surface area contributed by atoms with Crippen LogP contribution in [0.5, 0.6) is 17.2 Å².